The second-order valence-corrected chi connectivity index (χ2v) is 3.74. The van der Waals surface area contributed by atoms with E-state index in [9.17, 15) is 9.90 Å². The fourth-order valence-electron chi connectivity index (χ4n) is 1.76. The number of para-hydroxylation sites is 1. The van der Waals surface area contributed by atoms with Gasteiger partial charge in [0, 0.05) is 5.56 Å². The molecule has 0 aliphatic carbocycles. The van der Waals surface area contributed by atoms with Crippen molar-refractivity contribution in [3.63, 3.8) is 0 Å². The first-order chi connectivity index (χ1) is 8.63. The average molecular weight is 244 g/mol. The summed E-state index contributed by atoms with van der Waals surface area (Å²) in [4.78, 5) is 11.0. The second kappa shape index (κ2) is 4.79. The molecule has 2 aromatic rings. The number of rotatable bonds is 3. The van der Waals surface area contributed by atoms with Crippen LogP contribution in [0.15, 0.2) is 42.5 Å². The zero-order chi connectivity index (χ0) is 13.1. The lowest BCUT2D eigenvalue weighted by Crippen LogP contribution is -1.97. The molecule has 2 aromatic carbocycles. The maximum absolute atomic E-state index is 11.0. The van der Waals surface area contributed by atoms with Crippen LogP contribution in [0.5, 0.6) is 11.5 Å². The lowest BCUT2D eigenvalue weighted by atomic mass is 10.0. The van der Waals surface area contributed by atoms with Gasteiger partial charge in [-0.05, 0) is 23.8 Å². The normalized spacial score (nSPS) is 10.1. The Kier molecular flexibility index (Phi) is 3.19. The zero-order valence-electron chi connectivity index (χ0n) is 9.75. The van der Waals surface area contributed by atoms with Crippen molar-refractivity contribution in [1.29, 1.82) is 0 Å². The Bertz CT molecular complexity index is 590. The fourth-order valence-corrected chi connectivity index (χ4v) is 1.76. The van der Waals surface area contributed by atoms with Gasteiger partial charge >= 0.3 is 5.97 Å². The largest absolute Gasteiger partial charge is 0.507 e. The Morgan fingerprint density at radius 1 is 1.17 bits per heavy atom. The number of methoxy groups -OCH3 is 1. The molecular formula is C14H12O4. The third-order valence-electron chi connectivity index (χ3n) is 2.64. The second-order valence-electron chi connectivity index (χ2n) is 3.74. The molecule has 0 unspecified atom stereocenters. The minimum absolute atomic E-state index is 0.126. The maximum Gasteiger partial charge on any atom is 0.339 e. The molecule has 0 heterocycles. The van der Waals surface area contributed by atoms with Gasteiger partial charge in [0.15, 0.2) is 0 Å². The average Bonchev–Trinajstić information content (AvgIpc) is 2.39. The first-order valence-electron chi connectivity index (χ1n) is 5.33. The predicted molar refractivity (Wildman–Crippen MR) is 67.1 cm³/mol. The summed E-state index contributed by atoms with van der Waals surface area (Å²) in [7, 11) is 1.55. The molecule has 0 spiro atoms. The molecule has 4 heteroatoms. The van der Waals surface area contributed by atoms with E-state index >= 15 is 0 Å². The molecular weight excluding hydrogens is 232 g/mol. The van der Waals surface area contributed by atoms with Crippen molar-refractivity contribution in [1.82, 2.24) is 0 Å². The Morgan fingerprint density at radius 2 is 1.89 bits per heavy atom. The first kappa shape index (κ1) is 12.0. The van der Waals surface area contributed by atoms with E-state index in [4.69, 9.17) is 9.84 Å². The summed E-state index contributed by atoms with van der Waals surface area (Å²) in [6.07, 6.45) is 0. The number of hydrogen-bond donors (Lipinski definition) is 2. The Labute approximate surface area is 104 Å². The molecule has 0 atom stereocenters. The fraction of sp³-hybridized carbons (Fsp3) is 0.0714. The van der Waals surface area contributed by atoms with Gasteiger partial charge in [-0.15, -0.1) is 0 Å². The van der Waals surface area contributed by atoms with Gasteiger partial charge < -0.3 is 14.9 Å². The summed E-state index contributed by atoms with van der Waals surface area (Å²) in [5, 5.41) is 18.4. The van der Waals surface area contributed by atoms with Gasteiger partial charge in [-0.25, -0.2) is 4.79 Å². The Morgan fingerprint density at radius 3 is 2.56 bits per heavy atom. The molecule has 0 bridgehead atoms. The van der Waals surface area contributed by atoms with Gasteiger partial charge in [0.1, 0.15) is 17.1 Å². The highest BCUT2D eigenvalue weighted by Gasteiger charge is 2.12. The number of hydrogen-bond acceptors (Lipinski definition) is 3. The van der Waals surface area contributed by atoms with Crippen LogP contribution in [0.25, 0.3) is 11.1 Å². The van der Waals surface area contributed by atoms with Crippen molar-refractivity contribution < 1.29 is 19.7 Å². The summed E-state index contributed by atoms with van der Waals surface area (Å²) < 4.78 is 5.22. The number of phenols is 1. The molecule has 0 aliphatic heterocycles. The molecule has 0 aliphatic rings. The highest BCUT2D eigenvalue weighted by Crippen LogP contribution is 2.32. The Balaban J connectivity index is 2.58. The van der Waals surface area contributed by atoms with Crippen molar-refractivity contribution in [2.45, 2.75) is 0 Å². The van der Waals surface area contributed by atoms with Crippen LogP contribution >= 0.6 is 0 Å². The smallest absolute Gasteiger partial charge is 0.339 e. The van der Waals surface area contributed by atoms with E-state index in [1.807, 2.05) is 18.2 Å². The van der Waals surface area contributed by atoms with Gasteiger partial charge in [-0.3, -0.25) is 0 Å². The third kappa shape index (κ3) is 2.13. The van der Waals surface area contributed by atoms with E-state index in [1.54, 1.807) is 19.2 Å². The van der Waals surface area contributed by atoms with Gasteiger partial charge in [0.05, 0.1) is 7.11 Å². The van der Waals surface area contributed by atoms with Gasteiger partial charge in [0.25, 0.3) is 0 Å². The highest BCUT2D eigenvalue weighted by molar-refractivity contribution is 5.92. The molecule has 2 rings (SSSR count). The van der Waals surface area contributed by atoms with Crippen LogP contribution in [0.1, 0.15) is 10.4 Å². The van der Waals surface area contributed by atoms with E-state index in [0.717, 1.165) is 5.56 Å². The minimum Gasteiger partial charge on any atom is -0.507 e. The van der Waals surface area contributed by atoms with Crippen molar-refractivity contribution in [3.8, 4) is 22.6 Å². The van der Waals surface area contributed by atoms with E-state index in [2.05, 4.69) is 0 Å². The first-order valence-corrected chi connectivity index (χ1v) is 5.33. The molecule has 0 amide bonds. The van der Waals surface area contributed by atoms with E-state index < -0.39 is 5.97 Å². The maximum atomic E-state index is 11.0. The summed E-state index contributed by atoms with van der Waals surface area (Å²) >= 11 is 0. The summed E-state index contributed by atoms with van der Waals surface area (Å²) in [5.74, 6) is -0.759. The molecule has 0 saturated carbocycles. The van der Waals surface area contributed by atoms with Crippen LogP contribution in [0, 0.1) is 0 Å². The van der Waals surface area contributed by atoms with Gasteiger partial charge in [-0.2, -0.15) is 0 Å². The molecule has 18 heavy (non-hydrogen) atoms. The molecule has 0 saturated heterocycles. The topological polar surface area (TPSA) is 66.8 Å². The molecule has 4 nitrogen and oxygen atoms in total. The quantitative estimate of drug-likeness (QED) is 0.871. The summed E-state index contributed by atoms with van der Waals surface area (Å²) in [5.41, 5.74) is 1.34. The number of carbonyl (C=O) groups is 1. The van der Waals surface area contributed by atoms with Crippen molar-refractivity contribution in [3.05, 3.63) is 48.0 Å². The SMILES string of the molecule is COc1ccccc1-c1ccc(O)c(C(=O)O)c1. The lowest BCUT2D eigenvalue weighted by molar-refractivity contribution is 0.0694. The number of carboxylic acids is 1. The van der Waals surface area contributed by atoms with Crippen LogP contribution < -0.4 is 4.74 Å². The number of ether oxygens (including phenoxy) is 1. The Hall–Kier alpha value is -2.49. The van der Waals surface area contributed by atoms with Crippen LogP contribution in [0.2, 0.25) is 0 Å². The van der Waals surface area contributed by atoms with Crippen LogP contribution in [-0.4, -0.2) is 23.3 Å². The molecule has 2 N–H and O–H groups in total. The number of aromatic carboxylic acids is 1. The molecule has 0 aromatic heterocycles. The third-order valence-corrected chi connectivity index (χ3v) is 2.64. The van der Waals surface area contributed by atoms with Crippen LogP contribution in [-0.2, 0) is 0 Å². The monoisotopic (exact) mass is 244 g/mol. The van der Waals surface area contributed by atoms with Gasteiger partial charge in [-0.1, -0.05) is 24.3 Å². The van der Waals surface area contributed by atoms with Crippen molar-refractivity contribution >= 4 is 5.97 Å². The highest BCUT2D eigenvalue weighted by atomic mass is 16.5. The van der Waals surface area contributed by atoms with E-state index in [-0.39, 0.29) is 11.3 Å². The van der Waals surface area contributed by atoms with E-state index in [0.29, 0.717) is 11.3 Å². The molecule has 92 valence electrons. The summed E-state index contributed by atoms with van der Waals surface area (Å²) in [6, 6.07) is 11.7. The number of carboxylic acid groups (broad SMARTS) is 1. The van der Waals surface area contributed by atoms with Crippen LogP contribution in [0.3, 0.4) is 0 Å². The van der Waals surface area contributed by atoms with Gasteiger partial charge in [0.2, 0.25) is 0 Å². The van der Waals surface area contributed by atoms with Crippen LogP contribution in [0.4, 0.5) is 0 Å². The zero-order valence-corrected chi connectivity index (χ0v) is 9.75. The lowest BCUT2D eigenvalue weighted by Gasteiger charge is -2.09. The number of aromatic hydroxyl groups is 1. The molecule has 0 fully saturated rings. The minimum atomic E-state index is -1.16. The number of benzene rings is 2. The van der Waals surface area contributed by atoms with Crippen molar-refractivity contribution in [2.75, 3.05) is 7.11 Å². The predicted octanol–water partition coefficient (Wildman–Crippen LogP) is 2.77. The summed E-state index contributed by atoms with van der Waals surface area (Å²) in [6.45, 7) is 0. The standard InChI is InChI=1S/C14H12O4/c1-18-13-5-3-2-4-10(13)9-6-7-12(15)11(8-9)14(16)17/h2-8,15H,1H3,(H,16,17). The van der Waals surface area contributed by atoms with Crippen molar-refractivity contribution in [2.24, 2.45) is 0 Å². The molecule has 0 radical (unpaired) electrons. The van der Waals surface area contributed by atoms with E-state index in [1.165, 1.54) is 12.1 Å².